The number of ether oxygens (including phenoxy) is 2. The van der Waals surface area contributed by atoms with Crippen LogP contribution in [0.5, 0.6) is 11.5 Å². The number of para-hydroxylation sites is 1. The highest BCUT2D eigenvalue weighted by molar-refractivity contribution is 7.85. The van der Waals surface area contributed by atoms with Crippen molar-refractivity contribution in [3.05, 3.63) is 90.5 Å². The van der Waals surface area contributed by atoms with E-state index in [-0.39, 0.29) is 18.0 Å². The maximum Gasteiger partial charge on any atom is 0.410 e. The largest absolute Gasteiger partial charge is 0.457 e. The summed E-state index contributed by atoms with van der Waals surface area (Å²) in [4.78, 5) is 14.8. The summed E-state index contributed by atoms with van der Waals surface area (Å²) >= 11 is 0. The third-order valence-electron chi connectivity index (χ3n) is 5.24. The molecule has 4 rings (SSSR count). The Balaban J connectivity index is 1.26. The smallest absolute Gasteiger partial charge is 0.410 e. The van der Waals surface area contributed by atoms with E-state index < -0.39 is 10.8 Å². The molecule has 0 aliphatic carbocycles. The summed E-state index contributed by atoms with van der Waals surface area (Å²) in [7, 11) is -1.12. The highest BCUT2D eigenvalue weighted by Crippen LogP contribution is 2.25. The second-order valence-electron chi connectivity index (χ2n) is 7.41. The van der Waals surface area contributed by atoms with Crippen molar-refractivity contribution in [2.24, 2.45) is 0 Å². The summed E-state index contributed by atoms with van der Waals surface area (Å²) in [6, 6.07) is 26.6. The van der Waals surface area contributed by atoms with Crippen LogP contribution in [0.15, 0.2) is 89.8 Å². The van der Waals surface area contributed by atoms with E-state index in [0.717, 1.165) is 16.2 Å². The summed E-state index contributed by atoms with van der Waals surface area (Å²) in [5, 5.41) is 0.0269. The number of amides is 1. The molecule has 0 radical (unpaired) electrons. The highest BCUT2D eigenvalue weighted by Gasteiger charge is 2.28. The van der Waals surface area contributed by atoms with E-state index in [2.05, 4.69) is 0 Å². The fourth-order valence-electron chi connectivity index (χ4n) is 3.52. The van der Waals surface area contributed by atoms with Crippen LogP contribution in [-0.2, 0) is 22.1 Å². The maximum absolute atomic E-state index is 13.0. The minimum absolute atomic E-state index is 0.0269. The van der Waals surface area contributed by atoms with Crippen molar-refractivity contribution in [1.82, 2.24) is 4.90 Å². The van der Waals surface area contributed by atoms with Crippen LogP contribution in [-0.4, -0.2) is 33.5 Å². The van der Waals surface area contributed by atoms with Gasteiger partial charge in [0, 0.05) is 23.2 Å². The lowest BCUT2D eigenvalue weighted by Crippen LogP contribution is -2.41. The molecular formula is C25H25NO4S. The summed E-state index contributed by atoms with van der Waals surface area (Å²) in [6.07, 6.45) is 1.07. The van der Waals surface area contributed by atoms with E-state index in [4.69, 9.17) is 9.47 Å². The van der Waals surface area contributed by atoms with Gasteiger partial charge >= 0.3 is 6.09 Å². The number of likely N-dealkylation sites (tertiary alicyclic amines) is 1. The molecule has 0 saturated carbocycles. The van der Waals surface area contributed by atoms with E-state index in [9.17, 15) is 9.00 Å². The van der Waals surface area contributed by atoms with Gasteiger partial charge in [-0.3, -0.25) is 4.21 Å². The Morgan fingerprint density at radius 1 is 0.839 bits per heavy atom. The minimum Gasteiger partial charge on any atom is -0.457 e. The zero-order valence-corrected chi connectivity index (χ0v) is 18.0. The van der Waals surface area contributed by atoms with Crippen molar-refractivity contribution >= 4 is 16.9 Å². The Hall–Kier alpha value is -3.12. The molecule has 1 aliphatic rings. The first-order valence-electron chi connectivity index (χ1n) is 10.4. The fraction of sp³-hybridized carbons (Fsp3) is 0.240. The van der Waals surface area contributed by atoms with Gasteiger partial charge in [-0.15, -0.1) is 0 Å². The van der Waals surface area contributed by atoms with Crippen molar-refractivity contribution in [2.75, 3.05) is 13.1 Å². The zero-order chi connectivity index (χ0) is 21.5. The van der Waals surface area contributed by atoms with Gasteiger partial charge in [0.1, 0.15) is 18.1 Å². The van der Waals surface area contributed by atoms with Crippen LogP contribution in [0, 0.1) is 0 Å². The first-order chi connectivity index (χ1) is 15.2. The maximum atomic E-state index is 13.0. The van der Waals surface area contributed by atoms with E-state index in [0.29, 0.717) is 31.7 Å². The van der Waals surface area contributed by atoms with Crippen molar-refractivity contribution < 1.29 is 18.5 Å². The van der Waals surface area contributed by atoms with Gasteiger partial charge in [0.25, 0.3) is 0 Å². The zero-order valence-electron chi connectivity index (χ0n) is 17.2. The molecule has 31 heavy (non-hydrogen) atoms. The number of benzene rings is 3. The number of hydrogen-bond acceptors (Lipinski definition) is 4. The minimum atomic E-state index is -1.12. The number of carbonyl (C=O) groups is 1. The van der Waals surface area contributed by atoms with Crippen LogP contribution in [0.3, 0.4) is 0 Å². The lowest BCUT2D eigenvalue weighted by molar-refractivity contribution is 0.0899. The van der Waals surface area contributed by atoms with Gasteiger partial charge in [0.05, 0.1) is 10.8 Å². The molecule has 1 saturated heterocycles. The predicted octanol–water partition coefficient (Wildman–Crippen LogP) is 5.39. The number of rotatable bonds is 6. The Morgan fingerprint density at radius 3 is 2.06 bits per heavy atom. The number of hydrogen-bond donors (Lipinski definition) is 0. The molecule has 1 fully saturated rings. The summed E-state index contributed by atoms with van der Waals surface area (Å²) in [6.45, 7) is 1.38. The second kappa shape index (κ2) is 10.3. The monoisotopic (exact) mass is 435 g/mol. The van der Waals surface area contributed by atoms with Gasteiger partial charge in [-0.05, 0) is 54.8 Å². The Kier molecular flexibility index (Phi) is 6.99. The first kappa shape index (κ1) is 21.1. The molecule has 1 amide bonds. The number of piperidine rings is 1. The lowest BCUT2D eigenvalue weighted by atomic mass is 10.1. The normalized spacial score (nSPS) is 15.3. The van der Waals surface area contributed by atoms with Gasteiger partial charge in [0.2, 0.25) is 0 Å². The average Bonchev–Trinajstić information content (AvgIpc) is 2.84. The third-order valence-corrected chi connectivity index (χ3v) is 7.06. The molecule has 1 heterocycles. The molecule has 160 valence electrons. The van der Waals surface area contributed by atoms with E-state index in [1.165, 1.54) is 0 Å². The first-order valence-corrected chi connectivity index (χ1v) is 11.6. The molecule has 1 unspecified atom stereocenters. The van der Waals surface area contributed by atoms with Gasteiger partial charge in [-0.1, -0.05) is 48.5 Å². The van der Waals surface area contributed by atoms with Crippen LogP contribution < -0.4 is 4.74 Å². The van der Waals surface area contributed by atoms with Crippen molar-refractivity contribution in [1.29, 1.82) is 0 Å². The summed E-state index contributed by atoms with van der Waals surface area (Å²) < 4.78 is 24.2. The molecule has 0 N–H and O–H groups in total. The third kappa shape index (κ3) is 5.73. The average molecular weight is 436 g/mol. The van der Waals surface area contributed by atoms with Gasteiger partial charge in [0.15, 0.2) is 0 Å². The quantitative estimate of drug-likeness (QED) is 0.521. The molecule has 5 nitrogen and oxygen atoms in total. The van der Waals surface area contributed by atoms with Gasteiger partial charge < -0.3 is 14.4 Å². The Bertz CT molecular complexity index is 1000. The van der Waals surface area contributed by atoms with E-state index >= 15 is 0 Å². The van der Waals surface area contributed by atoms with Gasteiger partial charge in [-0.25, -0.2) is 4.79 Å². The Labute approximate surface area is 185 Å². The molecule has 1 aliphatic heterocycles. The summed E-state index contributed by atoms with van der Waals surface area (Å²) in [5.74, 6) is 1.48. The van der Waals surface area contributed by atoms with Crippen LogP contribution in [0.1, 0.15) is 18.4 Å². The SMILES string of the molecule is O=C(OCc1ccccc1)N1CCC(S(=O)c2ccc(Oc3ccccc3)cc2)CC1. The van der Waals surface area contributed by atoms with Crippen LogP contribution in [0.25, 0.3) is 0 Å². The molecule has 3 aromatic rings. The lowest BCUT2D eigenvalue weighted by Gasteiger charge is -2.30. The van der Waals surface area contributed by atoms with Crippen LogP contribution >= 0.6 is 0 Å². The van der Waals surface area contributed by atoms with Crippen LogP contribution in [0.4, 0.5) is 4.79 Å². The standard InChI is InChI=1S/C25H25NO4S/c27-25(29-19-20-7-3-1-4-8-20)26-17-15-24(16-18-26)31(28)23-13-11-22(12-14-23)30-21-9-5-2-6-10-21/h1-14,24H,15-19H2. The van der Waals surface area contributed by atoms with E-state index in [1.807, 2.05) is 84.9 Å². The second-order valence-corrected chi connectivity index (χ2v) is 9.14. The molecule has 0 aromatic heterocycles. The van der Waals surface area contributed by atoms with Gasteiger partial charge in [-0.2, -0.15) is 0 Å². The molecule has 3 aromatic carbocycles. The number of nitrogens with zero attached hydrogens (tertiary/aromatic N) is 1. The molecule has 0 bridgehead atoms. The van der Waals surface area contributed by atoms with E-state index in [1.54, 1.807) is 4.90 Å². The molecule has 1 atom stereocenters. The summed E-state index contributed by atoms with van der Waals surface area (Å²) in [5.41, 5.74) is 0.964. The van der Waals surface area contributed by atoms with Crippen molar-refractivity contribution in [2.45, 2.75) is 29.6 Å². The predicted molar refractivity (Wildman–Crippen MR) is 121 cm³/mol. The highest BCUT2D eigenvalue weighted by atomic mass is 32.2. The molecule has 6 heteroatoms. The number of carbonyl (C=O) groups excluding carboxylic acids is 1. The van der Waals surface area contributed by atoms with Crippen molar-refractivity contribution in [3.63, 3.8) is 0 Å². The molecular weight excluding hydrogens is 410 g/mol. The van der Waals surface area contributed by atoms with Crippen LogP contribution in [0.2, 0.25) is 0 Å². The fourth-order valence-corrected chi connectivity index (χ4v) is 4.95. The van der Waals surface area contributed by atoms with Crippen molar-refractivity contribution in [3.8, 4) is 11.5 Å². The topological polar surface area (TPSA) is 55.8 Å². The molecule has 0 spiro atoms. The Morgan fingerprint density at radius 2 is 1.42 bits per heavy atom.